The van der Waals surface area contributed by atoms with Crippen LogP contribution in [0.4, 0.5) is 5.82 Å². The van der Waals surface area contributed by atoms with Gasteiger partial charge < -0.3 is 9.64 Å². The van der Waals surface area contributed by atoms with Gasteiger partial charge in [0.25, 0.3) is 0 Å². The maximum absolute atomic E-state index is 13.5. The predicted octanol–water partition coefficient (Wildman–Crippen LogP) is 3.54. The third-order valence-corrected chi connectivity index (χ3v) is 8.89. The van der Waals surface area contributed by atoms with Crippen molar-refractivity contribution in [2.75, 3.05) is 31.1 Å². The molecule has 196 valence electrons. The quantitative estimate of drug-likeness (QED) is 0.444. The summed E-state index contributed by atoms with van der Waals surface area (Å²) < 4.78 is 33.7. The van der Waals surface area contributed by atoms with E-state index in [9.17, 15) is 18.5 Å². The van der Waals surface area contributed by atoms with Gasteiger partial charge in [-0.25, -0.2) is 18.4 Å². The molecule has 0 bridgehead atoms. The Morgan fingerprint density at radius 2 is 1.84 bits per heavy atom. The number of nitrogens with zero attached hydrogens (tertiary/aromatic N) is 5. The Bertz CT molecular complexity index is 1480. The second kappa shape index (κ2) is 10.9. The van der Waals surface area contributed by atoms with Crippen molar-refractivity contribution >= 4 is 21.8 Å². The van der Waals surface area contributed by atoms with Gasteiger partial charge in [-0.05, 0) is 38.0 Å². The zero-order valence-corrected chi connectivity index (χ0v) is 22.0. The molecule has 2 aliphatic heterocycles. The van der Waals surface area contributed by atoms with Gasteiger partial charge in [0.2, 0.25) is 10.0 Å². The fourth-order valence-corrected chi connectivity index (χ4v) is 6.47. The van der Waals surface area contributed by atoms with Crippen LogP contribution < -0.4 is 4.90 Å². The van der Waals surface area contributed by atoms with Crippen LogP contribution in [-0.4, -0.2) is 54.9 Å². The largest absolute Gasteiger partial charge is 0.466 e. The Kier molecular flexibility index (Phi) is 7.40. The van der Waals surface area contributed by atoms with E-state index in [1.54, 1.807) is 12.1 Å². The summed E-state index contributed by atoms with van der Waals surface area (Å²) in [7, 11) is -3.83. The van der Waals surface area contributed by atoms with E-state index in [1.165, 1.54) is 16.4 Å². The van der Waals surface area contributed by atoms with Crippen molar-refractivity contribution < 1.29 is 17.9 Å². The number of ether oxygens (including phenoxy) is 1. The molecule has 3 aromatic rings. The number of piperidine rings is 1. The van der Waals surface area contributed by atoms with Crippen LogP contribution in [0.1, 0.15) is 36.6 Å². The first kappa shape index (κ1) is 25.8. The van der Waals surface area contributed by atoms with Crippen LogP contribution in [0, 0.1) is 17.2 Å². The van der Waals surface area contributed by atoms with Crippen LogP contribution in [0.3, 0.4) is 0 Å². The summed E-state index contributed by atoms with van der Waals surface area (Å²) >= 11 is 0. The van der Waals surface area contributed by atoms with E-state index in [1.807, 2.05) is 43.3 Å². The predicted molar refractivity (Wildman–Crippen MR) is 141 cm³/mol. The van der Waals surface area contributed by atoms with Gasteiger partial charge in [0.15, 0.2) is 5.82 Å². The first-order valence-electron chi connectivity index (χ1n) is 12.8. The van der Waals surface area contributed by atoms with Crippen molar-refractivity contribution in [3.63, 3.8) is 0 Å². The Morgan fingerprint density at radius 3 is 2.55 bits per heavy atom. The Morgan fingerprint density at radius 1 is 1.08 bits per heavy atom. The molecule has 0 radical (unpaired) electrons. The van der Waals surface area contributed by atoms with E-state index in [4.69, 9.17) is 14.7 Å². The van der Waals surface area contributed by atoms with Gasteiger partial charge >= 0.3 is 5.97 Å². The zero-order chi connectivity index (χ0) is 26.7. The number of hydrogen-bond acceptors (Lipinski definition) is 8. The minimum atomic E-state index is -3.83. The summed E-state index contributed by atoms with van der Waals surface area (Å²) in [5, 5.41) is 9.24. The highest BCUT2D eigenvalue weighted by atomic mass is 32.2. The summed E-state index contributed by atoms with van der Waals surface area (Å²) in [4.78, 5) is 24.3. The Balaban J connectivity index is 1.49. The van der Waals surface area contributed by atoms with Crippen LogP contribution in [-0.2, 0) is 32.5 Å². The first-order valence-corrected chi connectivity index (χ1v) is 14.2. The molecule has 0 saturated carbocycles. The number of carbonyl (C=O) groups excluding carboxylic acids is 1. The number of rotatable bonds is 6. The molecule has 3 heterocycles. The minimum absolute atomic E-state index is 0.0959. The Labute approximate surface area is 222 Å². The lowest BCUT2D eigenvalue weighted by Crippen LogP contribution is -2.41. The number of carbonyl (C=O) groups is 1. The van der Waals surface area contributed by atoms with Gasteiger partial charge in [-0.1, -0.05) is 36.4 Å². The topological polar surface area (TPSA) is 116 Å². The average molecular weight is 532 g/mol. The molecule has 2 aromatic carbocycles. The lowest BCUT2D eigenvalue weighted by atomic mass is 9.96. The number of hydrogen-bond donors (Lipinski definition) is 0. The average Bonchev–Trinajstić information content (AvgIpc) is 2.97. The lowest BCUT2D eigenvalue weighted by molar-refractivity contribution is -0.148. The molecule has 0 spiro atoms. The molecule has 1 fully saturated rings. The molecule has 1 saturated heterocycles. The summed E-state index contributed by atoms with van der Waals surface area (Å²) in [6.07, 6.45) is 1.73. The van der Waals surface area contributed by atoms with Gasteiger partial charge in [-0.3, -0.25) is 4.79 Å². The molecular weight excluding hydrogens is 502 g/mol. The zero-order valence-electron chi connectivity index (χ0n) is 21.2. The summed E-state index contributed by atoms with van der Waals surface area (Å²) in [6, 6.07) is 17.8. The number of nitriles is 1. The van der Waals surface area contributed by atoms with E-state index in [0.717, 1.165) is 16.8 Å². The van der Waals surface area contributed by atoms with Crippen LogP contribution in [0.5, 0.6) is 0 Å². The highest BCUT2D eigenvalue weighted by molar-refractivity contribution is 7.89. The van der Waals surface area contributed by atoms with E-state index >= 15 is 0 Å². The lowest BCUT2D eigenvalue weighted by Gasteiger charge is -2.36. The molecule has 0 atom stereocenters. The molecule has 9 nitrogen and oxygen atoms in total. The maximum Gasteiger partial charge on any atom is 0.309 e. The summed E-state index contributed by atoms with van der Waals surface area (Å²) in [5.74, 6) is 0.993. The van der Waals surface area contributed by atoms with Crippen LogP contribution in [0.2, 0.25) is 0 Å². The number of esters is 1. The number of anilines is 1. The Hall–Kier alpha value is -3.81. The molecule has 38 heavy (non-hydrogen) atoms. The van der Waals surface area contributed by atoms with Gasteiger partial charge in [-0.15, -0.1) is 0 Å². The molecular formula is C28H29N5O4S. The number of sulfonamides is 1. The molecule has 10 heteroatoms. The third-order valence-electron chi connectivity index (χ3n) is 7.05. The molecule has 0 amide bonds. The third kappa shape index (κ3) is 5.12. The van der Waals surface area contributed by atoms with Crippen LogP contribution in [0.15, 0.2) is 59.5 Å². The van der Waals surface area contributed by atoms with Gasteiger partial charge in [-0.2, -0.15) is 9.57 Å². The van der Waals surface area contributed by atoms with E-state index < -0.39 is 10.0 Å². The molecule has 5 rings (SSSR count). The second-order valence-corrected chi connectivity index (χ2v) is 11.3. The normalized spacial score (nSPS) is 16.5. The fraction of sp³-hybridized carbons (Fsp3) is 0.357. The van der Waals surface area contributed by atoms with Gasteiger partial charge in [0.1, 0.15) is 5.82 Å². The smallest absolute Gasteiger partial charge is 0.309 e. The van der Waals surface area contributed by atoms with Crippen molar-refractivity contribution in [2.45, 2.75) is 37.6 Å². The van der Waals surface area contributed by atoms with Crippen molar-refractivity contribution in [1.29, 1.82) is 5.26 Å². The number of benzene rings is 2. The molecule has 0 N–H and O–H groups in total. The number of aromatic nitrogens is 2. The molecule has 0 unspecified atom stereocenters. The van der Waals surface area contributed by atoms with Crippen molar-refractivity contribution in [1.82, 2.24) is 14.3 Å². The fourth-order valence-electron chi connectivity index (χ4n) is 5.02. The first-order chi connectivity index (χ1) is 18.4. The van der Waals surface area contributed by atoms with E-state index in [0.29, 0.717) is 56.2 Å². The summed E-state index contributed by atoms with van der Waals surface area (Å²) in [5.41, 5.74) is 2.80. The second-order valence-electron chi connectivity index (χ2n) is 9.40. The van der Waals surface area contributed by atoms with E-state index in [-0.39, 0.29) is 29.9 Å². The van der Waals surface area contributed by atoms with Crippen molar-refractivity contribution in [3.8, 4) is 17.5 Å². The van der Waals surface area contributed by atoms with Gasteiger partial charge in [0.05, 0.1) is 34.7 Å². The molecule has 2 aliphatic rings. The van der Waals surface area contributed by atoms with Crippen LogP contribution >= 0.6 is 0 Å². The highest BCUT2D eigenvalue weighted by Crippen LogP contribution is 2.34. The minimum Gasteiger partial charge on any atom is -0.466 e. The standard InChI is InChI=1S/C28H29N5O4S/c1-2-37-28(34)22-11-14-32(15-12-22)27-24-19-33(38(35,36)23-10-6-7-20(17-23)18-29)16-13-25(24)30-26(31-27)21-8-4-3-5-9-21/h3-10,17,22H,2,11-16,19H2,1H3. The van der Waals surface area contributed by atoms with Crippen LogP contribution in [0.25, 0.3) is 11.4 Å². The SMILES string of the molecule is CCOC(=O)C1CCN(c2nc(-c3ccccc3)nc3c2CN(S(=O)(=O)c2cccc(C#N)c2)CC3)CC1. The van der Waals surface area contributed by atoms with Crippen molar-refractivity contribution in [2.24, 2.45) is 5.92 Å². The highest BCUT2D eigenvalue weighted by Gasteiger charge is 2.34. The van der Waals surface area contributed by atoms with E-state index in [2.05, 4.69) is 4.90 Å². The summed E-state index contributed by atoms with van der Waals surface area (Å²) in [6.45, 7) is 3.80. The van der Waals surface area contributed by atoms with Crippen molar-refractivity contribution in [3.05, 3.63) is 71.4 Å². The number of fused-ring (bicyclic) bond motifs is 1. The molecule has 0 aliphatic carbocycles. The van der Waals surface area contributed by atoms with Gasteiger partial charge in [0, 0.05) is 43.7 Å². The maximum atomic E-state index is 13.5. The monoisotopic (exact) mass is 531 g/mol. The molecule has 1 aromatic heterocycles.